The maximum Gasteiger partial charge on any atom is 0.163 e. The Balaban J connectivity index is 1.58. The SMILES string of the molecule is COc1ccc(-c2nc(N3CCN(CCO)CC3)c3c4c(sc3n2)CCCC4)cc1. The largest absolute Gasteiger partial charge is 0.497 e. The fourth-order valence-electron chi connectivity index (χ4n) is 4.56. The molecule has 0 unspecified atom stereocenters. The lowest BCUT2D eigenvalue weighted by molar-refractivity contribution is 0.188. The molecule has 30 heavy (non-hydrogen) atoms. The number of aliphatic hydroxyl groups is 1. The number of aryl methyl sites for hydroxylation is 2. The smallest absolute Gasteiger partial charge is 0.163 e. The third-order valence-corrected chi connectivity index (χ3v) is 7.42. The van der Waals surface area contributed by atoms with Crippen LogP contribution in [0.4, 0.5) is 5.82 Å². The number of piperazine rings is 1. The molecule has 1 N–H and O–H groups in total. The van der Waals surface area contributed by atoms with Gasteiger partial charge in [-0.3, -0.25) is 4.90 Å². The summed E-state index contributed by atoms with van der Waals surface area (Å²) >= 11 is 1.86. The summed E-state index contributed by atoms with van der Waals surface area (Å²) in [6.07, 6.45) is 4.83. The Kier molecular flexibility index (Phi) is 5.58. The first kappa shape index (κ1) is 19.7. The maximum atomic E-state index is 9.26. The Morgan fingerprint density at radius 3 is 2.53 bits per heavy atom. The van der Waals surface area contributed by atoms with Gasteiger partial charge in [-0.1, -0.05) is 0 Å². The third-order valence-electron chi connectivity index (χ3n) is 6.23. The average molecular weight is 425 g/mol. The minimum Gasteiger partial charge on any atom is -0.497 e. The van der Waals surface area contributed by atoms with Gasteiger partial charge in [-0.2, -0.15) is 0 Å². The van der Waals surface area contributed by atoms with Gasteiger partial charge in [-0.25, -0.2) is 9.97 Å². The van der Waals surface area contributed by atoms with Gasteiger partial charge in [0.15, 0.2) is 5.82 Å². The Hall–Kier alpha value is -2.22. The van der Waals surface area contributed by atoms with E-state index in [9.17, 15) is 5.11 Å². The van der Waals surface area contributed by atoms with Crippen molar-refractivity contribution in [1.29, 1.82) is 0 Å². The lowest BCUT2D eigenvalue weighted by Gasteiger charge is -2.35. The standard InChI is InChI=1S/C23H28N4O2S/c1-29-17-8-6-16(7-9-17)21-24-22(27-12-10-26(11-13-27)14-15-28)20-18-4-2-3-5-19(18)30-23(20)25-21/h6-9,28H,2-5,10-15H2,1H3. The quantitative estimate of drug-likeness (QED) is 0.678. The van der Waals surface area contributed by atoms with E-state index in [1.165, 1.54) is 28.7 Å². The number of β-amino-alcohol motifs (C(OH)–C–C–N with tert-alkyl or cyclic N) is 1. The number of fused-ring (bicyclic) bond motifs is 3. The number of aliphatic hydroxyl groups excluding tert-OH is 1. The molecule has 0 bridgehead atoms. The Labute approximate surface area is 181 Å². The van der Waals surface area contributed by atoms with Crippen LogP contribution in [0.25, 0.3) is 21.6 Å². The highest BCUT2D eigenvalue weighted by molar-refractivity contribution is 7.19. The number of nitrogens with zero attached hydrogens (tertiary/aromatic N) is 4. The molecule has 158 valence electrons. The summed E-state index contributed by atoms with van der Waals surface area (Å²) in [6, 6.07) is 8.01. The van der Waals surface area contributed by atoms with E-state index in [0.29, 0.717) is 0 Å². The third kappa shape index (κ3) is 3.66. The van der Waals surface area contributed by atoms with E-state index < -0.39 is 0 Å². The lowest BCUT2D eigenvalue weighted by atomic mass is 9.96. The van der Waals surface area contributed by atoms with Crippen LogP contribution in [0.5, 0.6) is 5.75 Å². The highest BCUT2D eigenvalue weighted by Crippen LogP contribution is 2.41. The molecule has 1 saturated heterocycles. The van der Waals surface area contributed by atoms with Gasteiger partial charge in [-0.15, -0.1) is 11.3 Å². The van der Waals surface area contributed by atoms with E-state index in [1.54, 1.807) is 7.11 Å². The van der Waals surface area contributed by atoms with Crippen LogP contribution < -0.4 is 9.64 Å². The molecule has 1 aromatic carbocycles. The van der Waals surface area contributed by atoms with Gasteiger partial charge in [0.05, 0.1) is 19.1 Å². The molecular weight excluding hydrogens is 396 g/mol. The monoisotopic (exact) mass is 424 g/mol. The maximum absolute atomic E-state index is 9.26. The summed E-state index contributed by atoms with van der Waals surface area (Å²) in [4.78, 5) is 17.5. The predicted molar refractivity (Wildman–Crippen MR) is 122 cm³/mol. The second-order valence-corrected chi connectivity index (χ2v) is 9.13. The van der Waals surface area contributed by atoms with Crippen molar-refractivity contribution in [3.63, 3.8) is 0 Å². The molecule has 1 aliphatic heterocycles. The highest BCUT2D eigenvalue weighted by Gasteiger charge is 2.26. The average Bonchev–Trinajstić information content (AvgIpc) is 3.18. The van der Waals surface area contributed by atoms with E-state index in [-0.39, 0.29) is 6.61 Å². The second-order valence-electron chi connectivity index (χ2n) is 8.04. The Morgan fingerprint density at radius 2 is 1.80 bits per heavy atom. The van der Waals surface area contributed by atoms with Crippen molar-refractivity contribution in [1.82, 2.24) is 14.9 Å². The minimum absolute atomic E-state index is 0.220. The van der Waals surface area contributed by atoms with E-state index in [1.807, 2.05) is 35.6 Å². The number of benzene rings is 1. The molecule has 0 amide bonds. The van der Waals surface area contributed by atoms with Crippen molar-refractivity contribution in [3.8, 4) is 17.1 Å². The molecule has 0 saturated carbocycles. The molecule has 0 spiro atoms. The van der Waals surface area contributed by atoms with Crippen LogP contribution in [0, 0.1) is 0 Å². The van der Waals surface area contributed by atoms with Crippen LogP contribution >= 0.6 is 11.3 Å². The molecule has 1 fully saturated rings. The first-order valence-electron chi connectivity index (χ1n) is 10.8. The number of thiophene rings is 1. The molecule has 2 aliphatic rings. The predicted octanol–water partition coefficient (Wildman–Crippen LogP) is 3.36. The first-order valence-corrected chi connectivity index (χ1v) is 11.6. The molecule has 0 radical (unpaired) electrons. The first-order chi connectivity index (χ1) is 14.8. The second kappa shape index (κ2) is 8.49. The Bertz CT molecular complexity index is 1030. The number of rotatable bonds is 5. The summed E-state index contributed by atoms with van der Waals surface area (Å²) in [6.45, 7) is 4.74. The number of hydrogen-bond donors (Lipinski definition) is 1. The van der Waals surface area contributed by atoms with Crippen molar-refractivity contribution >= 4 is 27.4 Å². The molecule has 3 aromatic rings. The molecule has 3 heterocycles. The van der Waals surface area contributed by atoms with Crippen molar-refractivity contribution in [2.45, 2.75) is 25.7 Å². The lowest BCUT2D eigenvalue weighted by Crippen LogP contribution is -2.47. The zero-order valence-corrected chi connectivity index (χ0v) is 18.2. The minimum atomic E-state index is 0.220. The summed E-state index contributed by atoms with van der Waals surface area (Å²) in [5, 5.41) is 10.5. The van der Waals surface area contributed by atoms with E-state index in [4.69, 9.17) is 14.7 Å². The van der Waals surface area contributed by atoms with Crippen LogP contribution in [-0.4, -0.2) is 66.4 Å². The molecule has 6 nitrogen and oxygen atoms in total. The van der Waals surface area contributed by atoms with Crippen molar-refractivity contribution < 1.29 is 9.84 Å². The van der Waals surface area contributed by atoms with E-state index >= 15 is 0 Å². The molecule has 7 heteroatoms. The van der Waals surface area contributed by atoms with Crippen LogP contribution in [0.3, 0.4) is 0 Å². The fourth-order valence-corrected chi connectivity index (χ4v) is 5.82. The molecular formula is C23H28N4O2S. The number of methoxy groups -OCH3 is 1. The topological polar surface area (TPSA) is 61.7 Å². The molecule has 1 aliphatic carbocycles. The van der Waals surface area contributed by atoms with Crippen LogP contribution in [0.15, 0.2) is 24.3 Å². The fraction of sp³-hybridized carbons (Fsp3) is 0.478. The molecule has 0 atom stereocenters. The van der Waals surface area contributed by atoms with Gasteiger partial charge in [0.2, 0.25) is 0 Å². The van der Waals surface area contributed by atoms with Crippen LogP contribution in [0.2, 0.25) is 0 Å². The van der Waals surface area contributed by atoms with Crippen molar-refractivity contribution in [3.05, 3.63) is 34.7 Å². The van der Waals surface area contributed by atoms with Crippen molar-refractivity contribution in [2.75, 3.05) is 51.3 Å². The van der Waals surface area contributed by atoms with Gasteiger partial charge >= 0.3 is 0 Å². The van der Waals surface area contributed by atoms with Gasteiger partial charge < -0.3 is 14.7 Å². The zero-order chi connectivity index (χ0) is 20.5. The van der Waals surface area contributed by atoms with E-state index in [0.717, 1.165) is 73.4 Å². The van der Waals surface area contributed by atoms with Crippen molar-refractivity contribution in [2.24, 2.45) is 0 Å². The molecule has 2 aromatic heterocycles. The highest BCUT2D eigenvalue weighted by atomic mass is 32.1. The van der Waals surface area contributed by atoms with Crippen LogP contribution in [-0.2, 0) is 12.8 Å². The van der Waals surface area contributed by atoms with Gasteiger partial charge in [0.1, 0.15) is 16.4 Å². The normalized spacial score (nSPS) is 17.3. The number of ether oxygens (including phenoxy) is 1. The number of hydrogen-bond acceptors (Lipinski definition) is 7. The van der Waals surface area contributed by atoms with E-state index in [2.05, 4.69) is 9.80 Å². The number of aromatic nitrogens is 2. The van der Waals surface area contributed by atoms with Gasteiger partial charge in [0.25, 0.3) is 0 Å². The van der Waals surface area contributed by atoms with Gasteiger partial charge in [0, 0.05) is 43.2 Å². The molecule has 5 rings (SSSR count). The number of anilines is 1. The summed E-state index contributed by atoms with van der Waals surface area (Å²) in [5.41, 5.74) is 2.50. The Morgan fingerprint density at radius 1 is 1.03 bits per heavy atom. The summed E-state index contributed by atoms with van der Waals surface area (Å²) in [7, 11) is 1.68. The van der Waals surface area contributed by atoms with Gasteiger partial charge in [-0.05, 0) is 55.5 Å². The summed E-state index contributed by atoms with van der Waals surface area (Å²) in [5.74, 6) is 2.72. The van der Waals surface area contributed by atoms with Crippen LogP contribution in [0.1, 0.15) is 23.3 Å². The summed E-state index contributed by atoms with van der Waals surface area (Å²) < 4.78 is 5.31. The zero-order valence-electron chi connectivity index (χ0n) is 17.4.